The van der Waals surface area contributed by atoms with Crippen LogP contribution < -0.4 is 5.32 Å². The molecule has 0 spiro atoms. The van der Waals surface area contributed by atoms with E-state index in [-0.39, 0.29) is 5.91 Å². The van der Waals surface area contributed by atoms with E-state index < -0.39 is 11.4 Å². The third kappa shape index (κ3) is 4.63. The number of nitrogens with one attached hydrogen (secondary N) is 1. The van der Waals surface area contributed by atoms with Crippen LogP contribution in [0.5, 0.6) is 0 Å². The first-order valence-corrected chi connectivity index (χ1v) is 7.14. The maximum Gasteiger partial charge on any atom is 0.309 e. The Kier molecular flexibility index (Phi) is 5.47. The van der Waals surface area contributed by atoms with Crippen LogP contribution in [0.15, 0.2) is 6.20 Å². The van der Waals surface area contributed by atoms with Gasteiger partial charge in [0, 0.05) is 6.54 Å². The van der Waals surface area contributed by atoms with Crippen LogP contribution in [-0.4, -0.2) is 28.5 Å². The topological polar surface area (TPSA) is 79.3 Å². The van der Waals surface area contributed by atoms with Crippen LogP contribution >= 0.6 is 11.3 Å². The van der Waals surface area contributed by atoms with Gasteiger partial charge in [-0.1, -0.05) is 6.92 Å². The van der Waals surface area contributed by atoms with Crippen molar-refractivity contribution < 1.29 is 14.7 Å². The summed E-state index contributed by atoms with van der Waals surface area (Å²) in [5, 5.41) is 12.7. The largest absolute Gasteiger partial charge is 0.481 e. The molecule has 0 radical (unpaired) electrons. The number of nitrogens with zero attached hydrogens (tertiary/aromatic N) is 1. The fourth-order valence-corrected chi connectivity index (χ4v) is 2.36. The van der Waals surface area contributed by atoms with E-state index in [1.54, 1.807) is 20.0 Å². The Morgan fingerprint density at radius 1 is 1.47 bits per heavy atom. The van der Waals surface area contributed by atoms with Crippen molar-refractivity contribution in [1.82, 2.24) is 10.3 Å². The third-order valence-corrected chi connectivity index (χ3v) is 3.91. The number of carboxylic acids is 1. The van der Waals surface area contributed by atoms with Crippen LogP contribution in [0.3, 0.4) is 0 Å². The lowest BCUT2D eigenvalue weighted by Gasteiger charge is -2.18. The summed E-state index contributed by atoms with van der Waals surface area (Å²) in [5.74, 6) is -1.04. The summed E-state index contributed by atoms with van der Waals surface area (Å²) in [6.45, 7) is 5.70. The number of aliphatic carboxylic acids is 1. The van der Waals surface area contributed by atoms with E-state index in [0.717, 1.165) is 17.8 Å². The van der Waals surface area contributed by atoms with Gasteiger partial charge >= 0.3 is 5.97 Å². The molecule has 0 unspecified atom stereocenters. The Bertz CT molecular complexity index is 454. The van der Waals surface area contributed by atoms with Gasteiger partial charge < -0.3 is 10.4 Å². The Labute approximate surface area is 117 Å². The second-order valence-electron chi connectivity index (χ2n) is 5.06. The molecule has 0 aliphatic rings. The summed E-state index contributed by atoms with van der Waals surface area (Å²) >= 11 is 1.39. The molecular formula is C13H20N2O3S. The molecule has 0 saturated carbocycles. The monoisotopic (exact) mass is 284 g/mol. The van der Waals surface area contributed by atoms with Crippen molar-refractivity contribution in [2.24, 2.45) is 5.41 Å². The zero-order valence-electron chi connectivity index (χ0n) is 11.5. The summed E-state index contributed by atoms with van der Waals surface area (Å²) < 4.78 is 0. The SMILES string of the molecule is CCCc1ncc(C(=O)NCCC(C)(C)C(=O)O)s1. The second-order valence-corrected chi connectivity index (χ2v) is 6.18. The lowest BCUT2D eigenvalue weighted by molar-refractivity contribution is -0.147. The third-order valence-electron chi connectivity index (χ3n) is 2.86. The zero-order chi connectivity index (χ0) is 14.5. The summed E-state index contributed by atoms with van der Waals surface area (Å²) in [7, 11) is 0. The first kappa shape index (κ1) is 15.6. The number of rotatable bonds is 7. The lowest BCUT2D eigenvalue weighted by Crippen LogP contribution is -2.31. The molecule has 1 aromatic rings. The van der Waals surface area contributed by atoms with Crippen LogP contribution in [0.1, 0.15) is 48.3 Å². The van der Waals surface area contributed by atoms with Crippen molar-refractivity contribution >= 4 is 23.2 Å². The highest BCUT2D eigenvalue weighted by atomic mass is 32.1. The van der Waals surface area contributed by atoms with Gasteiger partial charge in [-0.25, -0.2) is 4.98 Å². The molecule has 6 heteroatoms. The van der Waals surface area contributed by atoms with E-state index in [9.17, 15) is 9.59 Å². The lowest BCUT2D eigenvalue weighted by atomic mass is 9.90. The van der Waals surface area contributed by atoms with E-state index in [1.165, 1.54) is 11.3 Å². The summed E-state index contributed by atoms with van der Waals surface area (Å²) in [4.78, 5) is 27.5. The van der Waals surface area contributed by atoms with Gasteiger partial charge in [0.15, 0.2) is 0 Å². The molecule has 0 aromatic carbocycles. The van der Waals surface area contributed by atoms with Gasteiger partial charge in [0.25, 0.3) is 5.91 Å². The van der Waals surface area contributed by atoms with Crippen molar-refractivity contribution in [2.75, 3.05) is 6.54 Å². The highest BCUT2D eigenvalue weighted by molar-refractivity contribution is 7.13. The smallest absolute Gasteiger partial charge is 0.309 e. The summed E-state index contributed by atoms with van der Waals surface area (Å²) in [5.41, 5.74) is -0.825. The van der Waals surface area contributed by atoms with Gasteiger partial charge in [-0.05, 0) is 33.1 Å². The molecule has 0 atom stereocenters. The number of carbonyl (C=O) groups is 2. The molecular weight excluding hydrogens is 264 g/mol. The number of carboxylic acid groups (broad SMARTS) is 1. The van der Waals surface area contributed by atoms with Gasteiger partial charge in [-0.3, -0.25) is 9.59 Å². The van der Waals surface area contributed by atoms with Crippen LogP contribution in [0, 0.1) is 5.41 Å². The first-order valence-electron chi connectivity index (χ1n) is 6.33. The summed E-state index contributed by atoms with van der Waals surface area (Å²) in [6, 6.07) is 0. The van der Waals surface area contributed by atoms with Crippen LogP contribution in [0.4, 0.5) is 0 Å². The zero-order valence-corrected chi connectivity index (χ0v) is 12.3. The molecule has 0 fully saturated rings. The fraction of sp³-hybridized carbons (Fsp3) is 0.615. The average Bonchev–Trinajstić information content (AvgIpc) is 2.77. The Balaban J connectivity index is 2.45. The van der Waals surface area contributed by atoms with Gasteiger partial charge in [-0.2, -0.15) is 0 Å². The van der Waals surface area contributed by atoms with E-state index in [1.807, 2.05) is 0 Å². The number of hydrogen-bond donors (Lipinski definition) is 2. The maximum absolute atomic E-state index is 11.8. The number of aryl methyl sites for hydroxylation is 1. The molecule has 0 bridgehead atoms. The maximum atomic E-state index is 11.8. The second kappa shape index (κ2) is 6.65. The minimum absolute atomic E-state index is 0.180. The van der Waals surface area contributed by atoms with Crippen LogP contribution in [0.2, 0.25) is 0 Å². The van der Waals surface area contributed by atoms with E-state index in [4.69, 9.17) is 5.11 Å². The van der Waals surface area contributed by atoms with Crippen molar-refractivity contribution in [1.29, 1.82) is 0 Å². The number of hydrogen-bond acceptors (Lipinski definition) is 4. The number of carbonyl (C=O) groups excluding carboxylic acids is 1. The molecule has 19 heavy (non-hydrogen) atoms. The molecule has 106 valence electrons. The molecule has 2 N–H and O–H groups in total. The Morgan fingerprint density at radius 3 is 2.74 bits per heavy atom. The summed E-state index contributed by atoms with van der Waals surface area (Å²) in [6.07, 6.45) is 3.85. The molecule has 1 rings (SSSR count). The van der Waals surface area contributed by atoms with Crippen LogP contribution in [-0.2, 0) is 11.2 Å². The number of amides is 1. The molecule has 1 aromatic heterocycles. The standard InChI is InChI=1S/C13H20N2O3S/c1-4-5-10-15-8-9(19-10)11(16)14-7-6-13(2,3)12(17)18/h8H,4-7H2,1-3H3,(H,14,16)(H,17,18). The molecule has 1 amide bonds. The predicted octanol–water partition coefficient (Wildman–Crippen LogP) is 2.33. The van der Waals surface area contributed by atoms with Crippen molar-refractivity contribution in [3.63, 3.8) is 0 Å². The average molecular weight is 284 g/mol. The van der Waals surface area contributed by atoms with Crippen molar-refractivity contribution in [3.8, 4) is 0 Å². The van der Waals surface area contributed by atoms with Gasteiger partial charge in [0.2, 0.25) is 0 Å². The van der Waals surface area contributed by atoms with E-state index >= 15 is 0 Å². The highest BCUT2D eigenvalue weighted by Crippen LogP contribution is 2.19. The molecule has 0 aliphatic heterocycles. The molecule has 0 saturated heterocycles. The number of aromatic nitrogens is 1. The van der Waals surface area contributed by atoms with Crippen molar-refractivity contribution in [3.05, 3.63) is 16.1 Å². The normalized spacial score (nSPS) is 11.3. The van der Waals surface area contributed by atoms with Gasteiger partial charge in [0.05, 0.1) is 16.6 Å². The van der Waals surface area contributed by atoms with Gasteiger partial charge in [-0.15, -0.1) is 11.3 Å². The Morgan fingerprint density at radius 2 is 2.16 bits per heavy atom. The molecule has 5 nitrogen and oxygen atoms in total. The first-order chi connectivity index (χ1) is 8.86. The molecule has 1 heterocycles. The van der Waals surface area contributed by atoms with Crippen LogP contribution in [0.25, 0.3) is 0 Å². The van der Waals surface area contributed by atoms with E-state index in [0.29, 0.717) is 17.8 Å². The van der Waals surface area contributed by atoms with Crippen molar-refractivity contribution in [2.45, 2.75) is 40.0 Å². The fourth-order valence-electron chi connectivity index (χ4n) is 1.43. The van der Waals surface area contributed by atoms with Gasteiger partial charge in [0.1, 0.15) is 4.88 Å². The molecule has 0 aliphatic carbocycles. The Hall–Kier alpha value is -1.43. The minimum Gasteiger partial charge on any atom is -0.481 e. The predicted molar refractivity (Wildman–Crippen MR) is 74.5 cm³/mol. The van der Waals surface area contributed by atoms with E-state index in [2.05, 4.69) is 17.2 Å². The highest BCUT2D eigenvalue weighted by Gasteiger charge is 2.26. The quantitative estimate of drug-likeness (QED) is 0.805. The number of thiazole rings is 1. The minimum atomic E-state index is -0.857.